The maximum absolute atomic E-state index is 12.5. The number of non-ortho nitro benzene ring substituents is 1. The molecule has 0 saturated heterocycles. The first kappa shape index (κ1) is 25.0. The molecule has 0 aromatic heterocycles. The highest BCUT2D eigenvalue weighted by molar-refractivity contribution is 5.98. The number of benzene rings is 2. The molecule has 176 valence electrons. The minimum atomic E-state index is -1.32. The van der Waals surface area contributed by atoms with E-state index in [1.54, 1.807) is 0 Å². The maximum atomic E-state index is 12.5. The molecule has 0 aliphatic heterocycles. The first-order valence-electron chi connectivity index (χ1n) is 9.53. The van der Waals surface area contributed by atoms with Crippen LogP contribution in [0.2, 0.25) is 0 Å². The first-order chi connectivity index (χ1) is 15.7. The summed E-state index contributed by atoms with van der Waals surface area (Å²) in [7, 11) is 2.81. The quantitative estimate of drug-likeness (QED) is 0.219. The monoisotopic (exact) mass is 462 g/mol. The molecule has 0 radical (unpaired) electrons. The molecule has 2 N–H and O–H groups in total. The molecule has 1 unspecified atom stereocenters. The number of nitro benzene ring substituents is 2. The molecule has 0 saturated carbocycles. The Morgan fingerprint density at radius 1 is 1.03 bits per heavy atom. The fraction of sp³-hybridized carbons (Fsp3) is 0.300. The van der Waals surface area contributed by atoms with Crippen molar-refractivity contribution >= 4 is 34.6 Å². The molecule has 13 heteroatoms. The van der Waals surface area contributed by atoms with Crippen molar-refractivity contribution in [2.75, 3.05) is 38.0 Å². The topological polar surface area (TPSA) is 172 Å². The fourth-order valence-electron chi connectivity index (χ4n) is 2.67. The Bertz CT molecular complexity index is 1060. The lowest BCUT2D eigenvalue weighted by Gasteiger charge is -2.15. The van der Waals surface area contributed by atoms with E-state index in [4.69, 9.17) is 14.2 Å². The fourth-order valence-corrected chi connectivity index (χ4v) is 2.67. The molecular formula is C20H22N4O9. The van der Waals surface area contributed by atoms with Crippen molar-refractivity contribution in [3.05, 3.63) is 62.2 Å². The van der Waals surface area contributed by atoms with Crippen molar-refractivity contribution in [3.63, 3.8) is 0 Å². The largest absolute Gasteiger partial charge is 0.495 e. The second-order valence-electron chi connectivity index (χ2n) is 6.59. The standard InChI is InChI=1S/C20H22N4O9/c1-12(19(25)22-16-11-14(23(27)28)5-7-18(16)32-3)33-20(26)13-4-6-15(21-8-9-31-2)17(10-13)24(29)30/h4-7,10-12,21H,8-9H2,1-3H3,(H,22,25). The van der Waals surface area contributed by atoms with Crippen molar-refractivity contribution < 1.29 is 33.6 Å². The first-order valence-corrected chi connectivity index (χ1v) is 9.53. The summed E-state index contributed by atoms with van der Waals surface area (Å²) in [5.41, 5.74) is -0.549. The molecule has 0 aliphatic rings. The van der Waals surface area contributed by atoms with Gasteiger partial charge in [0, 0.05) is 31.9 Å². The van der Waals surface area contributed by atoms with Gasteiger partial charge in [-0.05, 0) is 25.1 Å². The number of amides is 1. The number of nitrogens with zero attached hydrogens (tertiary/aromatic N) is 2. The Hall–Kier alpha value is -4.26. The highest BCUT2D eigenvalue weighted by atomic mass is 16.6. The Morgan fingerprint density at radius 2 is 1.76 bits per heavy atom. The van der Waals surface area contributed by atoms with Gasteiger partial charge >= 0.3 is 5.97 Å². The average Bonchev–Trinajstić information content (AvgIpc) is 2.78. The number of ether oxygens (including phenoxy) is 3. The van der Waals surface area contributed by atoms with E-state index < -0.39 is 27.8 Å². The highest BCUT2D eigenvalue weighted by Gasteiger charge is 2.24. The number of carbonyl (C=O) groups is 2. The third-order valence-electron chi connectivity index (χ3n) is 4.36. The van der Waals surface area contributed by atoms with Crippen LogP contribution in [0, 0.1) is 20.2 Å². The Balaban J connectivity index is 2.13. The number of hydrogen-bond donors (Lipinski definition) is 2. The molecule has 13 nitrogen and oxygen atoms in total. The van der Waals surface area contributed by atoms with Crippen molar-refractivity contribution in [2.24, 2.45) is 0 Å². The van der Waals surface area contributed by atoms with E-state index in [9.17, 15) is 29.8 Å². The molecule has 2 aromatic rings. The lowest BCUT2D eigenvalue weighted by atomic mass is 10.1. The van der Waals surface area contributed by atoms with Gasteiger partial charge in [0.15, 0.2) is 6.10 Å². The lowest BCUT2D eigenvalue weighted by Crippen LogP contribution is -2.30. The maximum Gasteiger partial charge on any atom is 0.339 e. The summed E-state index contributed by atoms with van der Waals surface area (Å²) in [6.45, 7) is 1.93. The minimum Gasteiger partial charge on any atom is -0.495 e. The predicted octanol–water partition coefficient (Wildman–Crippen LogP) is 2.75. The summed E-state index contributed by atoms with van der Waals surface area (Å²) in [5.74, 6) is -1.58. The Kier molecular flexibility index (Phi) is 8.63. The number of esters is 1. The van der Waals surface area contributed by atoms with E-state index in [1.807, 2.05) is 0 Å². The minimum absolute atomic E-state index is 0.0155. The van der Waals surface area contributed by atoms with E-state index in [0.29, 0.717) is 13.2 Å². The van der Waals surface area contributed by atoms with Crippen LogP contribution in [-0.2, 0) is 14.3 Å². The number of carbonyl (C=O) groups excluding carboxylic acids is 2. The Morgan fingerprint density at radius 3 is 2.36 bits per heavy atom. The van der Waals surface area contributed by atoms with Gasteiger partial charge in [0.1, 0.15) is 11.4 Å². The van der Waals surface area contributed by atoms with E-state index in [2.05, 4.69) is 10.6 Å². The van der Waals surface area contributed by atoms with Gasteiger partial charge in [-0.1, -0.05) is 0 Å². The van der Waals surface area contributed by atoms with E-state index in [1.165, 1.54) is 45.4 Å². The zero-order chi connectivity index (χ0) is 24.5. The highest BCUT2D eigenvalue weighted by Crippen LogP contribution is 2.29. The summed E-state index contributed by atoms with van der Waals surface area (Å²) < 4.78 is 15.1. The number of methoxy groups -OCH3 is 2. The van der Waals surface area contributed by atoms with Gasteiger partial charge in [0.2, 0.25) is 0 Å². The number of rotatable bonds is 11. The van der Waals surface area contributed by atoms with E-state index in [0.717, 1.165) is 12.1 Å². The SMILES string of the molecule is COCCNc1ccc(C(=O)OC(C)C(=O)Nc2cc([N+](=O)[O-])ccc2OC)cc1[N+](=O)[O-]. The van der Waals surface area contributed by atoms with E-state index >= 15 is 0 Å². The van der Waals surface area contributed by atoms with Crippen LogP contribution in [0.3, 0.4) is 0 Å². The molecule has 0 spiro atoms. The number of hydrogen-bond acceptors (Lipinski definition) is 10. The smallest absolute Gasteiger partial charge is 0.339 e. The van der Waals surface area contributed by atoms with Gasteiger partial charge < -0.3 is 24.8 Å². The van der Waals surface area contributed by atoms with E-state index in [-0.39, 0.29) is 34.1 Å². The van der Waals surface area contributed by atoms with Crippen molar-refractivity contribution in [3.8, 4) is 5.75 Å². The van der Waals surface area contributed by atoms with Crippen LogP contribution in [-0.4, -0.2) is 55.2 Å². The number of nitro groups is 2. The molecule has 1 amide bonds. The predicted molar refractivity (Wildman–Crippen MR) is 117 cm³/mol. The van der Waals surface area contributed by atoms with Gasteiger partial charge in [-0.2, -0.15) is 0 Å². The number of nitrogens with one attached hydrogen (secondary N) is 2. The molecule has 1 atom stereocenters. The van der Waals surface area contributed by atoms with Gasteiger partial charge in [0.25, 0.3) is 17.3 Å². The summed E-state index contributed by atoms with van der Waals surface area (Å²) in [4.78, 5) is 45.9. The zero-order valence-corrected chi connectivity index (χ0v) is 18.0. The summed E-state index contributed by atoms with van der Waals surface area (Å²) in [5, 5.41) is 27.6. The van der Waals surface area contributed by atoms with Crippen molar-refractivity contribution in [1.82, 2.24) is 0 Å². The van der Waals surface area contributed by atoms with Crippen LogP contribution in [0.5, 0.6) is 5.75 Å². The Labute approximate surface area is 187 Å². The van der Waals surface area contributed by atoms with Gasteiger partial charge in [-0.3, -0.25) is 25.0 Å². The van der Waals surface area contributed by atoms with Gasteiger partial charge in [-0.25, -0.2) is 4.79 Å². The van der Waals surface area contributed by atoms with Crippen LogP contribution in [0.25, 0.3) is 0 Å². The third kappa shape index (κ3) is 6.61. The zero-order valence-electron chi connectivity index (χ0n) is 18.0. The second kappa shape index (κ2) is 11.4. The average molecular weight is 462 g/mol. The summed E-state index contributed by atoms with van der Waals surface area (Å²) >= 11 is 0. The van der Waals surface area contributed by atoms with Gasteiger partial charge in [0.05, 0.1) is 34.8 Å². The molecule has 0 bridgehead atoms. The third-order valence-corrected chi connectivity index (χ3v) is 4.36. The summed E-state index contributed by atoms with van der Waals surface area (Å²) in [6.07, 6.45) is -1.32. The molecule has 2 rings (SSSR count). The molecule has 0 fully saturated rings. The number of anilines is 2. The molecular weight excluding hydrogens is 440 g/mol. The molecule has 0 aliphatic carbocycles. The molecule has 0 heterocycles. The van der Waals surface area contributed by atoms with Crippen LogP contribution in [0.4, 0.5) is 22.7 Å². The van der Waals surface area contributed by atoms with Crippen molar-refractivity contribution in [2.45, 2.75) is 13.0 Å². The lowest BCUT2D eigenvalue weighted by molar-refractivity contribution is -0.384. The second-order valence-corrected chi connectivity index (χ2v) is 6.59. The van der Waals surface area contributed by atoms with Crippen LogP contribution >= 0.6 is 0 Å². The van der Waals surface area contributed by atoms with Gasteiger partial charge in [-0.15, -0.1) is 0 Å². The van der Waals surface area contributed by atoms with Crippen LogP contribution in [0.1, 0.15) is 17.3 Å². The summed E-state index contributed by atoms with van der Waals surface area (Å²) in [6, 6.07) is 7.32. The normalized spacial score (nSPS) is 11.2. The van der Waals surface area contributed by atoms with Crippen LogP contribution < -0.4 is 15.4 Å². The van der Waals surface area contributed by atoms with Crippen molar-refractivity contribution in [1.29, 1.82) is 0 Å². The van der Waals surface area contributed by atoms with Crippen LogP contribution in [0.15, 0.2) is 36.4 Å². The molecule has 2 aromatic carbocycles. The molecule has 33 heavy (non-hydrogen) atoms.